The lowest BCUT2D eigenvalue weighted by molar-refractivity contribution is -0.117. The number of anilines is 1. The number of nitrogens with one attached hydrogen (secondary N) is 1. The first-order valence-corrected chi connectivity index (χ1v) is 6.88. The van der Waals surface area contributed by atoms with E-state index in [2.05, 4.69) is 5.32 Å². The predicted octanol–water partition coefficient (Wildman–Crippen LogP) is 1.15. The van der Waals surface area contributed by atoms with Gasteiger partial charge in [-0.05, 0) is 24.1 Å². The average Bonchev–Trinajstić information content (AvgIpc) is 2.49. The molecule has 6 heteroatoms. The van der Waals surface area contributed by atoms with Gasteiger partial charge in [0.25, 0.3) is 0 Å². The zero-order valence-electron chi connectivity index (χ0n) is 12.6. The Labute approximate surface area is 125 Å². The normalized spacial score (nSPS) is 12.1. The van der Waals surface area contributed by atoms with Crippen molar-refractivity contribution in [1.82, 2.24) is 0 Å². The third-order valence-electron chi connectivity index (χ3n) is 2.86. The lowest BCUT2D eigenvalue weighted by atomic mass is 10.2. The van der Waals surface area contributed by atoms with E-state index in [1.807, 2.05) is 24.3 Å². The summed E-state index contributed by atoms with van der Waals surface area (Å²) in [5.41, 5.74) is 7.46. The molecule has 1 amide bonds. The molecule has 0 spiro atoms. The quantitative estimate of drug-likeness (QED) is 0.633. The zero-order chi connectivity index (χ0) is 15.5. The highest BCUT2D eigenvalue weighted by Gasteiger charge is 2.13. The molecule has 1 rings (SSSR count). The molecule has 0 aliphatic rings. The van der Waals surface area contributed by atoms with E-state index in [9.17, 15) is 4.79 Å². The van der Waals surface area contributed by atoms with Crippen LogP contribution in [0.25, 0.3) is 0 Å². The summed E-state index contributed by atoms with van der Waals surface area (Å²) in [4.78, 5) is 11.9. The van der Waals surface area contributed by atoms with Crippen molar-refractivity contribution in [3.8, 4) is 0 Å². The second-order valence-corrected chi connectivity index (χ2v) is 4.62. The standard InChI is InChI=1S/C15H24N2O4/c1-19-7-6-14(16)15(18)17-13-5-3-4-12(10-13)11-21-9-8-20-2/h3-5,10,14H,6-9,11,16H2,1-2H3,(H,17,18). The maximum absolute atomic E-state index is 11.9. The van der Waals surface area contributed by atoms with Crippen LogP contribution in [0.5, 0.6) is 0 Å². The Morgan fingerprint density at radius 3 is 2.71 bits per heavy atom. The van der Waals surface area contributed by atoms with Crippen LogP contribution in [0, 0.1) is 0 Å². The number of carbonyl (C=O) groups is 1. The summed E-state index contributed by atoms with van der Waals surface area (Å²) in [6.07, 6.45) is 0.488. The van der Waals surface area contributed by atoms with E-state index < -0.39 is 6.04 Å². The van der Waals surface area contributed by atoms with Crippen LogP contribution in [0.4, 0.5) is 5.69 Å². The van der Waals surface area contributed by atoms with E-state index in [1.165, 1.54) is 0 Å². The molecule has 1 atom stereocenters. The van der Waals surface area contributed by atoms with Crippen LogP contribution in [0.1, 0.15) is 12.0 Å². The van der Waals surface area contributed by atoms with Crippen molar-refractivity contribution in [2.75, 3.05) is 39.4 Å². The molecule has 0 radical (unpaired) electrons. The van der Waals surface area contributed by atoms with Crippen LogP contribution in [0.2, 0.25) is 0 Å². The predicted molar refractivity (Wildman–Crippen MR) is 81.1 cm³/mol. The Hall–Kier alpha value is -1.47. The Kier molecular flexibility index (Phi) is 8.61. The molecule has 6 nitrogen and oxygen atoms in total. The summed E-state index contributed by atoms with van der Waals surface area (Å²) in [5.74, 6) is -0.218. The number of nitrogens with two attached hydrogens (primary N) is 1. The van der Waals surface area contributed by atoms with Gasteiger partial charge >= 0.3 is 0 Å². The minimum absolute atomic E-state index is 0.218. The smallest absolute Gasteiger partial charge is 0.241 e. The van der Waals surface area contributed by atoms with E-state index in [1.54, 1.807) is 14.2 Å². The Bertz CT molecular complexity index is 426. The summed E-state index contributed by atoms with van der Waals surface area (Å²) in [5, 5.41) is 2.79. The number of rotatable bonds is 10. The van der Waals surface area contributed by atoms with Crippen LogP contribution in [0.3, 0.4) is 0 Å². The topological polar surface area (TPSA) is 82.8 Å². The van der Waals surface area contributed by atoms with Crippen molar-refractivity contribution in [1.29, 1.82) is 0 Å². The minimum atomic E-state index is -0.577. The first-order valence-electron chi connectivity index (χ1n) is 6.88. The van der Waals surface area contributed by atoms with Gasteiger partial charge in [0, 0.05) is 26.5 Å². The van der Waals surface area contributed by atoms with Gasteiger partial charge in [-0.3, -0.25) is 4.79 Å². The first kappa shape index (κ1) is 17.6. The molecule has 1 unspecified atom stereocenters. The van der Waals surface area contributed by atoms with Crippen molar-refractivity contribution in [2.24, 2.45) is 5.73 Å². The van der Waals surface area contributed by atoms with Crippen molar-refractivity contribution in [2.45, 2.75) is 19.1 Å². The van der Waals surface area contributed by atoms with E-state index in [0.717, 1.165) is 5.56 Å². The van der Waals surface area contributed by atoms with Crippen molar-refractivity contribution in [3.63, 3.8) is 0 Å². The van der Waals surface area contributed by atoms with Crippen molar-refractivity contribution >= 4 is 11.6 Å². The highest BCUT2D eigenvalue weighted by atomic mass is 16.5. The van der Waals surface area contributed by atoms with Crippen LogP contribution in [-0.4, -0.2) is 46.0 Å². The summed E-state index contributed by atoms with van der Waals surface area (Å²) < 4.78 is 15.3. The monoisotopic (exact) mass is 296 g/mol. The number of hydrogen-bond acceptors (Lipinski definition) is 5. The molecule has 3 N–H and O–H groups in total. The van der Waals surface area contributed by atoms with Crippen LogP contribution >= 0.6 is 0 Å². The van der Waals surface area contributed by atoms with Gasteiger partial charge in [-0.15, -0.1) is 0 Å². The fraction of sp³-hybridized carbons (Fsp3) is 0.533. The summed E-state index contributed by atoms with van der Waals surface area (Å²) in [6.45, 7) is 2.03. The van der Waals surface area contributed by atoms with Crippen LogP contribution in [0.15, 0.2) is 24.3 Å². The van der Waals surface area contributed by atoms with E-state index >= 15 is 0 Å². The lowest BCUT2D eigenvalue weighted by Gasteiger charge is -2.12. The maximum Gasteiger partial charge on any atom is 0.241 e. The molecule has 0 aliphatic carbocycles. The van der Waals surface area contributed by atoms with Gasteiger partial charge in [-0.1, -0.05) is 12.1 Å². The first-order chi connectivity index (χ1) is 10.2. The maximum atomic E-state index is 11.9. The lowest BCUT2D eigenvalue weighted by Crippen LogP contribution is -2.36. The number of carbonyl (C=O) groups excluding carboxylic acids is 1. The number of benzene rings is 1. The van der Waals surface area contributed by atoms with E-state index in [4.69, 9.17) is 19.9 Å². The van der Waals surface area contributed by atoms with Gasteiger partial charge in [-0.2, -0.15) is 0 Å². The van der Waals surface area contributed by atoms with Crippen LogP contribution < -0.4 is 11.1 Å². The molecule has 21 heavy (non-hydrogen) atoms. The fourth-order valence-electron chi connectivity index (χ4n) is 1.68. The molecule has 1 aromatic carbocycles. The Morgan fingerprint density at radius 1 is 1.24 bits per heavy atom. The largest absolute Gasteiger partial charge is 0.385 e. The molecule has 0 saturated heterocycles. The number of amides is 1. The number of ether oxygens (including phenoxy) is 3. The molecule has 0 fully saturated rings. The third-order valence-corrected chi connectivity index (χ3v) is 2.86. The molecule has 118 valence electrons. The zero-order valence-corrected chi connectivity index (χ0v) is 12.6. The van der Waals surface area contributed by atoms with Crippen molar-refractivity contribution in [3.05, 3.63) is 29.8 Å². The molecular weight excluding hydrogens is 272 g/mol. The molecule has 0 saturated carbocycles. The van der Waals surface area contributed by atoms with Gasteiger partial charge in [0.1, 0.15) is 0 Å². The second kappa shape index (κ2) is 10.3. The van der Waals surface area contributed by atoms with Crippen molar-refractivity contribution < 1.29 is 19.0 Å². The highest BCUT2D eigenvalue weighted by molar-refractivity contribution is 5.94. The van der Waals surface area contributed by atoms with Gasteiger partial charge in [-0.25, -0.2) is 0 Å². The fourth-order valence-corrected chi connectivity index (χ4v) is 1.68. The molecule has 0 heterocycles. The number of methoxy groups -OCH3 is 2. The van der Waals surface area contributed by atoms with Gasteiger partial charge in [0.15, 0.2) is 0 Å². The summed E-state index contributed by atoms with van der Waals surface area (Å²) in [6, 6.07) is 6.91. The van der Waals surface area contributed by atoms with Gasteiger partial charge in [0.05, 0.1) is 25.9 Å². The van der Waals surface area contributed by atoms with E-state index in [0.29, 0.717) is 38.5 Å². The molecule has 0 aromatic heterocycles. The SMILES string of the molecule is COCCOCc1cccc(NC(=O)C(N)CCOC)c1. The minimum Gasteiger partial charge on any atom is -0.385 e. The Balaban J connectivity index is 2.46. The number of hydrogen-bond donors (Lipinski definition) is 2. The molecule has 0 bridgehead atoms. The third kappa shape index (κ3) is 7.19. The highest BCUT2D eigenvalue weighted by Crippen LogP contribution is 2.12. The van der Waals surface area contributed by atoms with Gasteiger partial charge < -0.3 is 25.3 Å². The second-order valence-electron chi connectivity index (χ2n) is 4.62. The summed E-state index contributed by atoms with van der Waals surface area (Å²) >= 11 is 0. The average molecular weight is 296 g/mol. The molecule has 1 aromatic rings. The van der Waals surface area contributed by atoms with E-state index in [-0.39, 0.29) is 5.91 Å². The van der Waals surface area contributed by atoms with Gasteiger partial charge in [0.2, 0.25) is 5.91 Å². The Morgan fingerprint density at radius 2 is 2.00 bits per heavy atom. The molecular formula is C15H24N2O4. The van der Waals surface area contributed by atoms with Crippen LogP contribution in [-0.2, 0) is 25.6 Å². The summed E-state index contributed by atoms with van der Waals surface area (Å²) in [7, 11) is 3.21. The molecule has 0 aliphatic heterocycles.